The number of rotatable bonds is 3. The van der Waals surface area contributed by atoms with Crippen molar-refractivity contribution in [2.75, 3.05) is 19.5 Å². The summed E-state index contributed by atoms with van der Waals surface area (Å²) in [5.41, 5.74) is 5.18. The molecule has 1 saturated carbocycles. The average Bonchev–Trinajstić information content (AvgIpc) is 2.75. The van der Waals surface area contributed by atoms with Gasteiger partial charge in [0.15, 0.2) is 5.78 Å². The molecule has 1 aliphatic carbocycles. The van der Waals surface area contributed by atoms with E-state index in [1.165, 1.54) is 6.26 Å². The van der Waals surface area contributed by atoms with E-state index in [1.54, 1.807) is 0 Å². The molecule has 0 radical (unpaired) electrons. The molecule has 0 aromatic heterocycles. The summed E-state index contributed by atoms with van der Waals surface area (Å²) >= 11 is 0. The maximum Gasteiger partial charge on any atom is 0.158 e. The van der Waals surface area contributed by atoms with E-state index >= 15 is 0 Å². The van der Waals surface area contributed by atoms with E-state index in [0.717, 1.165) is 12.8 Å². The van der Waals surface area contributed by atoms with Gasteiger partial charge in [-0.2, -0.15) is 0 Å². The number of ketones is 1. The zero-order valence-corrected chi connectivity index (χ0v) is 11.5. The van der Waals surface area contributed by atoms with Crippen molar-refractivity contribution in [3.63, 3.8) is 0 Å². The predicted molar refractivity (Wildman–Crippen MR) is 68.0 cm³/mol. The summed E-state index contributed by atoms with van der Waals surface area (Å²) in [7, 11) is -3.06. The summed E-state index contributed by atoms with van der Waals surface area (Å²) < 4.78 is 28.4. The molecule has 2 aliphatic rings. The van der Waals surface area contributed by atoms with Gasteiger partial charge in [-0.25, -0.2) is 8.42 Å². The highest BCUT2D eigenvalue weighted by Gasteiger charge is 2.43. The van der Waals surface area contributed by atoms with Gasteiger partial charge in [0.05, 0.1) is 11.9 Å². The van der Waals surface area contributed by atoms with Crippen LogP contribution in [0.4, 0.5) is 0 Å². The monoisotopic (exact) mass is 275 g/mol. The fraction of sp³-hybridized carbons (Fsp3) is 0.917. The van der Waals surface area contributed by atoms with Crippen LogP contribution in [0.2, 0.25) is 0 Å². The highest BCUT2D eigenvalue weighted by atomic mass is 32.2. The van der Waals surface area contributed by atoms with E-state index in [0.29, 0.717) is 25.9 Å². The van der Waals surface area contributed by atoms with Gasteiger partial charge >= 0.3 is 0 Å². The van der Waals surface area contributed by atoms with Gasteiger partial charge in [0, 0.05) is 18.8 Å². The van der Waals surface area contributed by atoms with Crippen molar-refractivity contribution in [3.8, 4) is 0 Å². The molecule has 1 heterocycles. The molecule has 3 unspecified atom stereocenters. The number of hydrogen-bond donors (Lipinski definition) is 1. The van der Waals surface area contributed by atoms with Gasteiger partial charge in [-0.05, 0) is 25.7 Å². The molecule has 6 heteroatoms. The largest absolute Gasteiger partial charge is 0.379 e. The third-order valence-electron chi connectivity index (χ3n) is 4.15. The number of ether oxygens (including phenoxy) is 1. The highest BCUT2D eigenvalue weighted by molar-refractivity contribution is 7.91. The Bertz CT molecular complexity index is 425. The topological polar surface area (TPSA) is 86.5 Å². The summed E-state index contributed by atoms with van der Waals surface area (Å²) in [5, 5.41) is -0.383. The van der Waals surface area contributed by atoms with E-state index in [4.69, 9.17) is 10.5 Å². The number of Topliss-reactive ketones (excluding diaryl/α,β-unsaturated/α-hetero) is 1. The minimum Gasteiger partial charge on any atom is -0.379 e. The number of sulfone groups is 1. The van der Waals surface area contributed by atoms with Crippen LogP contribution in [0.25, 0.3) is 0 Å². The van der Waals surface area contributed by atoms with Gasteiger partial charge in [0.25, 0.3) is 0 Å². The second-order valence-electron chi connectivity index (χ2n) is 5.64. The SMILES string of the molecule is CS(=O)(=O)C1CCCC(C(=O)C2(N)CCOC2)C1. The molecule has 2 rings (SSSR count). The van der Waals surface area contributed by atoms with Gasteiger partial charge in [-0.1, -0.05) is 6.42 Å². The Balaban J connectivity index is 2.07. The molecule has 0 amide bonds. The van der Waals surface area contributed by atoms with Crippen LogP contribution in [0.1, 0.15) is 32.1 Å². The molecular weight excluding hydrogens is 254 g/mol. The summed E-state index contributed by atoms with van der Waals surface area (Å²) in [6.07, 6.45) is 4.43. The lowest BCUT2D eigenvalue weighted by atomic mass is 9.78. The highest BCUT2D eigenvalue weighted by Crippen LogP contribution is 2.33. The van der Waals surface area contributed by atoms with Crippen molar-refractivity contribution in [1.82, 2.24) is 0 Å². The molecule has 0 aromatic rings. The molecule has 1 aliphatic heterocycles. The Morgan fingerprint density at radius 2 is 2.11 bits per heavy atom. The first kappa shape index (κ1) is 14.0. The van der Waals surface area contributed by atoms with Crippen LogP contribution in [-0.4, -0.2) is 44.5 Å². The van der Waals surface area contributed by atoms with Crippen molar-refractivity contribution >= 4 is 15.6 Å². The summed E-state index contributed by atoms with van der Waals surface area (Å²) in [6, 6.07) is 0. The maximum atomic E-state index is 12.4. The fourth-order valence-corrected chi connectivity index (χ4v) is 4.13. The van der Waals surface area contributed by atoms with Crippen molar-refractivity contribution in [2.24, 2.45) is 11.7 Å². The Morgan fingerprint density at radius 3 is 2.67 bits per heavy atom. The Labute approximate surface area is 108 Å². The molecule has 18 heavy (non-hydrogen) atoms. The Kier molecular flexibility index (Phi) is 3.80. The number of nitrogens with two attached hydrogens (primary N) is 1. The molecule has 2 fully saturated rings. The number of carbonyl (C=O) groups is 1. The smallest absolute Gasteiger partial charge is 0.158 e. The van der Waals surface area contributed by atoms with Crippen LogP contribution in [0.15, 0.2) is 0 Å². The van der Waals surface area contributed by atoms with Crippen LogP contribution in [0.3, 0.4) is 0 Å². The predicted octanol–water partition coefficient (Wildman–Crippen LogP) is 0.277. The molecule has 1 saturated heterocycles. The fourth-order valence-electron chi connectivity index (χ4n) is 2.95. The normalized spacial score (nSPS) is 37.7. The zero-order valence-electron chi connectivity index (χ0n) is 10.7. The van der Waals surface area contributed by atoms with Crippen LogP contribution in [0, 0.1) is 5.92 Å². The van der Waals surface area contributed by atoms with Gasteiger partial charge < -0.3 is 10.5 Å². The van der Waals surface area contributed by atoms with Gasteiger partial charge in [-0.3, -0.25) is 4.79 Å². The van der Waals surface area contributed by atoms with Crippen molar-refractivity contribution in [2.45, 2.75) is 42.9 Å². The van der Waals surface area contributed by atoms with Crippen LogP contribution in [0.5, 0.6) is 0 Å². The molecule has 3 atom stereocenters. The second-order valence-corrected chi connectivity index (χ2v) is 7.96. The lowest BCUT2D eigenvalue weighted by Crippen LogP contribution is -2.52. The first-order valence-electron chi connectivity index (χ1n) is 6.43. The van der Waals surface area contributed by atoms with Gasteiger partial charge in [0.2, 0.25) is 0 Å². The van der Waals surface area contributed by atoms with Crippen LogP contribution < -0.4 is 5.73 Å². The minimum atomic E-state index is -3.06. The van der Waals surface area contributed by atoms with Crippen LogP contribution >= 0.6 is 0 Å². The maximum absolute atomic E-state index is 12.4. The first-order valence-corrected chi connectivity index (χ1v) is 8.38. The lowest BCUT2D eigenvalue weighted by molar-refractivity contribution is -0.129. The van der Waals surface area contributed by atoms with E-state index in [9.17, 15) is 13.2 Å². The molecule has 0 aromatic carbocycles. The third-order valence-corrected chi connectivity index (χ3v) is 5.78. The van der Waals surface area contributed by atoms with Crippen molar-refractivity contribution in [1.29, 1.82) is 0 Å². The Morgan fingerprint density at radius 1 is 1.39 bits per heavy atom. The molecule has 0 bridgehead atoms. The van der Waals surface area contributed by atoms with E-state index in [1.807, 2.05) is 0 Å². The standard InChI is InChI=1S/C12H21NO4S/c1-18(15,16)10-4-2-3-9(7-10)11(14)12(13)5-6-17-8-12/h9-10H,2-8,13H2,1H3. The zero-order chi connectivity index (χ0) is 13.4. The van der Waals surface area contributed by atoms with E-state index in [-0.39, 0.29) is 23.6 Å². The minimum absolute atomic E-state index is 0.00616. The molecule has 104 valence electrons. The van der Waals surface area contributed by atoms with Crippen molar-refractivity contribution < 1.29 is 17.9 Å². The lowest BCUT2D eigenvalue weighted by Gasteiger charge is -2.32. The summed E-state index contributed by atoms with van der Waals surface area (Å²) in [6.45, 7) is 0.788. The van der Waals surface area contributed by atoms with Gasteiger partial charge in [-0.15, -0.1) is 0 Å². The third kappa shape index (κ3) is 2.75. The first-order chi connectivity index (χ1) is 8.33. The second kappa shape index (κ2) is 4.90. The van der Waals surface area contributed by atoms with E-state index < -0.39 is 15.4 Å². The van der Waals surface area contributed by atoms with Gasteiger partial charge in [0.1, 0.15) is 15.4 Å². The van der Waals surface area contributed by atoms with E-state index in [2.05, 4.69) is 0 Å². The van der Waals surface area contributed by atoms with Crippen LogP contribution in [-0.2, 0) is 19.4 Å². The number of carbonyl (C=O) groups excluding carboxylic acids is 1. The summed E-state index contributed by atoms with van der Waals surface area (Å²) in [5.74, 6) is -0.224. The molecule has 5 nitrogen and oxygen atoms in total. The summed E-state index contributed by atoms with van der Waals surface area (Å²) in [4.78, 5) is 12.4. The van der Waals surface area contributed by atoms with Crippen molar-refractivity contribution in [3.05, 3.63) is 0 Å². The molecule has 0 spiro atoms. The molecule has 2 N–H and O–H groups in total. The average molecular weight is 275 g/mol. The Hall–Kier alpha value is -0.460. The molecular formula is C12H21NO4S. The quantitative estimate of drug-likeness (QED) is 0.799. The number of hydrogen-bond acceptors (Lipinski definition) is 5.